The first kappa shape index (κ1) is 16.2. The van der Waals surface area contributed by atoms with Gasteiger partial charge in [0.15, 0.2) is 0 Å². The topological polar surface area (TPSA) is 47.1 Å². The Morgan fingerprint density at radius 2 is 2.00 bits per heavy atom. The zero-order valence-corrected chi connectivity index (χ0v) is 13.3. The third-order valence-electron chi connectivity index (χ3n) is 3.53. The van der Waals surface area contributed by atoms with Crippen molar-refractivity contribution in [2.45, 2.75) is 40.2 Å². The van der Waals surface area contributed by atoms with Gasteiger partial charge in [-0.15, -0.1) is 0 Å². The van der Waals surface area contributed by atoms with Crippen molar-refractivity contribution in [3.05, 3.63) is 18.2 Å². The minimum Gasteiger partial charge on any atom is -0.334 e. The van der Waals surface area contributed by atoms with Crippen LogP contribution in [0.4, 0.5) is 0 Å². The summed E-state index contributed by atoms with van der Waals surface area (Å²) < 4.78 is 2.28. The Hall–Kier alpha value is -0.870. The fraction of sp³-hybridized carbons (Fsp3) is 0.800. The molecule has 0 bridgehead atoms. The molecule has 0 fully saturated rings. The van der Waals surface area contributed by atoms with E-state index >= 15 is 0 Å². The third kappa shape index (κ3) is 4.62. The molecule has 0 aromatic carbocycles. The molecular weight excluding hydrogens is 236 g/mol. The smallest absolute Gasteiger partial charge is 0.0948 e. The summed E-state index contributed by atoms with van der Waals surface area (Å²) in [7, 11) is 4.24. The summed E-state index contributed by atoms with van der Waals surface area (Å²) in [6.45, 7) is 11.7. The average Bonchev–Trinajstić information content (AvgIpc) is 2.63. The molecule has 1 rings (SSSR count). The predicted octanol–water partition coefficient (Wildman–Crippen LogP) is 2.17. The molecule has 4 heteroatoms. The van der Waals surface area contributed by atoms with Gasteiger partial charge in [0.25, 0.3) is 0 Å². The summed E-state index contributed by atoms with van der Waals surface area (Å²) in [4.78, 5) is 6.57. The van der Waals surface area contributed by atoms with E-state index in [4.69, 9.17) is 5.73 Å². The van der Waals surface area contributed by atoms with E-state index in [2.05, 4.69) is 56.2 Å². The van der Waals surface area contributed by atoms with Gasteiger partial charge in [0.2, 0.25) is 0 Å². The van der Waals surface area contributed by atoms with Gasteiger partial charge >= 0.3 is 0 Å². The number of aromatic nitrogens is 2. The minimum atomic E-state index is 0.217. The van der Waals surface area contributed by atoms with E-state index in [9.17, 15) is 0 Å². The van der Waals surface area contributed by atoms with Crippen LogP contribution < -0.4 is 5.73 Å². The van der Waals surface area contributed by atoms with E-state index in [1.807, 2.05) is 12.5 Å². The van der Waals surface area contributed by atoms with Crippen LogP contribution in [-0.2, 0) is 6.54 Å². The van der Waals surface area contributed by atoms with Crippen LogP contribution in [0.1, 0.15) is 39.3 Å². The molecule has 0 spiro atoms. The van der Waals surface area contributed by atoms with E-state index < -0.39 is 0 Å². The molecular formula is C15H30N4. The van der Waals surface area contributed by atoms with Crippen molar-refractivity contribution < 1.29 is 0 Å². The highest BCUT2D eigenvalue weighted by molar-refractivity contribution is 5.08. The summed E-state index contributed by atoms with van der Waals surface area (Å²) in [5.74, 6) is 0.926. The molecule has 1 heterocycles. The van der Waals surface area contributed by atoms with Crippen LogP contribution in [0.25, 0.3) is 0 Å². The number of hydrogen-bond donors (Lipinski definition) is 1. The molecule has 2 N–H and O–H groups in total. The first-order valence-corrected chi connectivity index (χ1v) is 7.11. The monoisotopic (exact) mass is 266 g/mol. The highest BCUT2D eigenvalue weighted by Gasteiger charge is 2.24. The van der Waals surface area contributed by atoms with E-state index in [1.165, 1.54) is 5.69 Å². The van der Waals surface area contributed by atoms with Gasteiger partial charge in [0.1, 0.15) is 0 Å². The molecule has 1 aromatic heterocycles. The minimum absolute atomic E-state index is 0.217. The number of hydrogen-bond acceptors (Lipinski definition) is 3. The van der Waals surface area contributed by atoms with Gasteiger partial charge in [-0.1, -0.05) is 27.7 Å². The Morgan fingerprint density at radius 1 is 1.37 bits per heavy atom. The van der Waals surface area contributed by atoms with Gasteiger partial charge in [-0.3, -0.25) is 0 Å². The van der Waals surface area contributed by atoms with Crippen LogP contribution in [0.3, 0.4) is 0 Å². The van der Waals surface area contributed by atoms with Crippen LogP contribution >= 0.6 is 0 Å². The first-order chi connectivity index (χ1) is 8.76. The molecule has 4 nitrogen and oxygen atoms in total. The van der Waals surface area contributed by atoms with Crippen molar-refractivity contribution in [1.29, 1.82) is 0 Å². The number of nitrogens with two attached hydrogens (primary N) is 1. The lowest BCUT2D eigenvalue weighted by molar-refractivity contribution is 0.208. The standard InChI is InChI=1S/C15H30N4/c1-12(2)13(7-16)14-8-17-11-19(14)10-15(3,4)9-18(5)6/h8,11-13H,7,9-10,16H2,1-6H3. The fourth-order valence-electron chi connectivity index (χ4n) is 2.87. The summed E-state index contributed by atoms with van der Waals surface area (Å²) in [6.07, 6.45) is 3.92. The van der Waals surface area contributed by atoms with Crippen LogP contribution in [0.2, 0.25) is 0 Å². The lowest BCUT2D eigenvalue weighted by Gasteiger charge is -2.30. The predicted molar refractivity (Wildman–Crippen MR) is 81.2 cm³/mol. The molecule has 19 heavy (non-hydrogen) atoms. The van der Waals surface area contributed by atoms with Crippen LogP contribution in [0.15, 0.2) is 12.5 Å². The quantitative estimate of drug-likeness (QED) is 0.823. The second-order valence-corrected chi connectivity index (χ2v) is 6.93. The fourth-order valence-corrected chi connectivity index (χ4v) is 2.87. The van der Waals surface area contributed by atoms with Crippen molar-refractivity contribution >= 4 is 0 Å². The normalized spacial score (nSPS) is 14.4. The van der Waals surface area contributed by atoms with Crippen LogP contribution in [0.5, 0.6) is 0 Å². The van der Waals surface area contributed by atoms with Crippen molar-refractivity contribution in [1.82, 2.24) is 14.5 Å². The van der Waals surface area contributed by atoms with Gasteiger partial charge in [-0.05, 0) is 25.4 Å². The van der Waals surface area contributed by atoms with Gasteiger partial charge in [0.05, 0.1) is 6.33 Å². The molecule has 0 amide bonds. The van der Waals surface area contributed by atoms with Crippen molar-refractivity contribution in [2.24, 2.45) is 17.1 Å². The van der Waals surface area contributed by atoms with E-state index in [0.717, 1.165) is 13.1 Å². The number of rotatable bonds is 7. The maximum absolute atomic E-state index is 5.93. The molecule has 0 saturated carbocycles. The van der Waals surface area contributed by atoms with E-state index in [1.54, 1.807) is 0 Å². The first-order valence-electron chi connectivity index (χ1n) is 7.11. The van der Waals surface area contributed by atoms with Crippen LogP contribution in [0, 0.1) is 11.3 Å². The average molecular weight is 266 g/mol. The largest absolute Gasteiger partial charge is 0.334 e. The number of imidazole rings is 1. The Morgan fingerprint density at radius 3 is 2.47 bits per heavy atom. The number of nitrogens with zero attached hydrogens (tertiary/aromatic N) is 3. The Kier molecular flexibility index (Phi) is 5.56. The Balaban J connectivity index is 2.88. The van der Waals surface area contributed by atoms with E-state index in [0.29, 0.717) is 18.4 Å². The third-order valence-corrected chi connectivity index (χ3v) is 3.53. The molecule has 110 valence electrons. The summed E-state index contributed by atoms with van der Waals surface area (Å²) in [5.41, 5.74) is 7.41. The molecule has 0 radical (unpaired) electrons. The summed E-state index contributed by atoms with van der Waals surface area (Å²) >= 11 is 0. The zero-order valence-electron chi connectivity index (χ0n) is 13.3. The summed E-state index contributed by atoms with van der Waals surface area (Å²) in [5, 5.41) is 0. The highest BCUT2D eigenvalue weighted by Crippen LogP contribution is 2.26. The molecule has 0 saturated heterocycles. The van der Waals surface area contributed by atoms with Gasteiger partial charge < -0.3 is 15.2 Å². The molecule has 0 aliphatic carbocycles. The molecule has 1 atom stereocenters. The van der Waals surface area contributed by atoms with Crippen molar-refractivity contribution in [3.63, 3.8) is 0 Å². The maximum Gasteiger partial charge on any atom is 0.0948 e. The lowest BCUT2D eigenvalue weighted by atomic mass is 9.90. The lowest BCUT2D eigenvalue weighted by Crippen LogP contribution is -2.33. The molecule has 1 unspecified atom stereocenters. The molecule has 0 aliphatic rings. The highest BCUT2D eigenvalue weighted by atomic mass is 15.1. The van der Waals surface area contributed by atoms with Crippen molar-refractivity contribution in [3.8, 4) is 0 Å². The molecule has 1 aromatic rings. The summed E-state index contributed by atoms with van der Waals surface area (Å²) in [6, 6.07) is 0. The molecule has 0 aliphatic heterocycles. The van der Waals surface area contributed by atoms with Crippen LogP contribution in [-0.4, -0.2) is 41.6 Å². The van der Waals surface area contributed by atoms with Crippen molar-refractivity contribution in [2.75, 3.05) is 27.2 Å². The van der Waals surface area contributed by atoms with Gasteiger partial charge in [-0.25, -0.2) is 4.98 Å². The van der Waals surface area contributed by atoms with E-state index in [-0.39, 0.29) is 5.41 Å². The second-order valence-electron chi connectivity index (χ2n) is 6.93. The van der Waals surface area contributed by atoms with Gasteiger partial charge in [-0.2, -0.15) is 0 Å². The second kappa shape index (κ2) is 6.53. The van der Waals surface area contributed by atoms with Gasteiger partial charge in [0, 0.05) is 37.4 Å². The Labute approximate surface area is 118 Å². The Bertz CT molecular complexity index is 379. The maximum atomic E-state index is 5.93. The zero-order chi connectivity index (χ0) is 14.6. The SMILES string of the molecule is CC(C)C(CN)c1cncn1CC(C)(C)CN(C)C.